The zero-order valence-corrected chi connectivity index (χ0v) is 16.7. The van der Waals surface area contributed by atoms with Gasteiger partial charge in [-0.05, 0) is 21.6 Å². The first-order chi connectivity index (χ1) is 6.71. The molecule has 0 aromatic rings. The van der Waals surface area contributed by atoms with Crippen molar-refractivity contribution in [1.29, 1.82) is 0 Å². The summed E-state index contributed by atoms with van der Waals surface area (Å²) >= 11 is 0. The van der Waals surface area contributed by atoms with E-state index in [0.29, 0.717) is 0 Å². The van der Waals surface area contributed by atoms with Crippen molar-refractivity contribution in [1.82, 2.24) is 5.32 Å². The smallest absolute Gasteiger partial charge is 0.739 e. The third-order valence-electron chi connectivity index (χ3n) is 1.01. The van der Waals surface area contributed by atoms with Gasteiger partial charge in [-0.25, -0.2) is 16.8 Å². The Morgan fingerprint density at radius 2 is 1.12 bits per heavy atom. The average molecular weight is 341 g/mol. The van der Waals surface area contributed by atoms with Gasteiger partial charge in [-0.3, -0.25) is 0 Å². The van der Waals surface area contributed by atoms with E-state index in [1.807, 2.05) is 0 Å². The minimum absolute atomic E-state index is 0. The molecule has 92 valence electrons. The van der Waals surface area contributed by atoms with Gasteiger partial charge in [-0.15, -0.1) is 0 Å². The third-order valence-corrected chi connectivity index (χ3v) is 5.06. The van der Waals surface area contributed by atoms with Crippen LogP contribution in [0.3, 0.4) is 0 Å². The van der Waals surface area contributed by atoms with Gasteiger partial charge in [0.05, 0.1) is 0 Å². The first-order valence-corrected chi connectivity index (χ1v) is 9.44. The molecule has 0 aliphatic rings. The summed E-state index contributed by atoms with van der Waals surface area (Å²) < 4.78 is 60.6. The van der Waals surface area contributed by atoms with Crippen molar-refractivity contribution in [2.45, 2.75) is 0 Å². The summed E-state index contributed by atoms with van der Waals surface area (Å²) in [5.41, 5.74) is 0. The van der Waals surface area contributed by atoms with Gasteiger partial charge in [-0.1, -0.05) is 0 Å². The van der Waals surface area contributed by atoms with E-state index >= 15 is 0 Å². The maximum atomic E-state index is 10.1. The van der Waals surface area contributed by atoms with Crippen LogP contribution < -0.4 is 64.4 Å². The van der Waals surface area contributed by atoms with Crippen LogP contribution in [0.5, 0.6) is 0 Å². The van der Waals surface area contributed by atoms with Crippen molar-refractivity contribution >= 4 is 39.9 Å². The van der Waals surface area contributed by atoms with Crippen LogP contribution in [0.2, 0.25) is 0 Å². The molecule has 0 amide bonds. The standard InChI is InChI=1S/C4H11NO6S4.2Na/c6-14(7,8)12-3-1-5-2-4-13-15(9,10)11;;/h5H,1-4H2,(H,6,7,8)(H,9,10,11);;/q;2*+1/p-2. The molecule has 13 heteroatoms. The fraction of sp³-hybridized carbons (Fsp3) is 1.00. The predicted molar refractivity (Wildman–Crippen MR) is 57.2 cm³/mol. The second kappa shape index (κ2) is 12.2. The number of hydrogen-bond donors (Lipinski definition) is 1. The molecule has 0 aromatic heterocycles. The largest absolute Gasteiger partial charge is 1.00 e. The molecule has 0 atom stereocenters. The Hall–Kier alpha value is 2.48. The summed E-state index contributed by atoms with van der Waals surface area (Å²) in [5.74, 6) is 0.168. The van der Waals surface area contributed by atoms with Crippen LogP contribution >= 0.6 is 21.6 Å². The molecule has 1 N–H and O–H groups in total. The Labute approximate surface area is 153 Å². The van der Waals surface area contributed by atoms with Crippen molar-refractivity contribution in [3.05, 3.63) is 0 Å². The second-order valence-electron chi connectivity index (χ2n) is 2.21. The van der Waals surface area contributed by atoms with Crippen molar-refractivity contribution in [3.63, 3.8) is 0 Å². The molecule has 0 aliphatic heterocycles. The number of hydrogen-bond acceptors (Lipinski definition) is 9. The number of nitrogens with one attached hydrogen (secondary N) is 1. The van der Waals surface area contributed by atoms with Crippen molar-refractivity contribution in [2.24, 2.45) is 0 Å². The summed E-state index contributed by atoms with van der Waals surface area (Å²) in [6.07, 6.45) is 0. The van der Waals surface area contributed by atoms with E-state index in [1.54, 1.807) is 0 Å². The minimum atomic E-state index is -4.26. The normalized spacial score (nSPS) is 11.4. The van der Waals surface area contributed by atoms with Crippen molar-refractivity contribution in [3.8, 4) is 0 Å². The molecule has 0 saturated carbocycles. The first kappa shape index (κ1) is 24.5. The molecule has 0 unspecified atom stereocenters. The molecular weight excluding hydrogens is 332 g/mol. The summed E-state index contributed by atoms with van der Waals surface area (Å²) in [4.78, 5) is 0. The Kier molecular flexibility index (Phi) is 17.6. The number of rotatable bonds is 8. The summed E-state index contributed by atoms with van der Waals surface area (Å²) in [5, 5.41) is 2.68. The Morgan fingerprint density at radius 1 is 0.824 bits per heavy atom. The molecule has 0 radical (unpaired) electrons. The van der Waals surface area contributed by atoms with Gasteiger partial charge in [0.25, 0.3) is 0 Å². The summed E-state index contributed by atoms with van der Waals surface area (Å²) in [6, 6.07) is 0. The molecule has 0 bridgehead atoms. The van der Waals surface area contributed by atoms with Crippen LogP contribution in [0.4, 0.5) is 0 Å². The van der Waals surface area contributed by atoms with Crippen LogP contribution in [0.15, 0.2) is 0 Å². The van der Waals surface area contributed by atoms with E-state index in [1.165, 1.54) is 0 Å². The first-order valence-electron chi connectivity index (χ1n) is 3.62. The van der Waals surface area contributed by atoms with Crippen LogP contribution in [0.25, 0.3) is 0 Å². The van der Waals surface area contributed by atoms with Crippen LogP contribution in [0.1, 0.15) is 0 Å². The Morgan fingerprint density at radius 3 is 1.35 bits per heavy atom. The quantitative estimate of drug-likeness (QED) is 0.198. The fourth-order valence-electron chi connectivity index (χ4n) is 0.557. The molecule has 0 saturated heterocycles. The Balaban J connectivity index is -0.000000980. The van der Waals surface area contributed by atoms with Gasteiger partial charge in [-0.2, -0.15) is 0 Å². The molecule has 7 nitrogen and oxygen atoms in total. The zero-order valence-electron chi connectivity index (χ0n) is 9.41. The van der Waals surface area contributed by atoms with Gasteiger partial charge in [0.2, 0.25) is 0 Å². The topological polar surface area (TPSA) is 126 Å². The minimum Gasteiger partial charge on any atom is -0.739 e. The fourth-order valence-corrected chi connectivity index (χ4v) is 3.15. The summed E-state index contributed by atoms with van der Waals surface area (Å²) in [7, 11) is -8.00. The molecule has 0 fully saturated rings. The summed E-state index contributed by atoms with van der Waals surface area (Å²) in [6.45, 7) is 0.511. The SMILES string of the molecule is O=S(=O)([O-])SCCNCCSS(=O)(=O)[O-].[Na+].[Na+]. The van der Waals surface area contributed by atoms with E-state index in [2.05, 4.69) is 5.32 Å². The Bertz CT molecular complexity index is 333. The maximum absolute atomic E-state index is 10.1. The maximum Gasteiger partial charge on any atom is 1.00 e. The third kappa shape index (κ3) is 23.9. The molecule has 0 aromatic carbocycles. The molecule has 17 heavy (non-hydrogen) atoms. The van der Waals surface area contributed by atoms with Crippen molar-refractivity contribution in [2.75, 3.05) is 24.6 Å². The van der Waals surface area contributed by atoms with Gasteiger partial charge in [0.15, 0.2) is 0 Å². The van der Waals surface area contributed by atoms with Crippen LogP contribution in [-0.4, -0.2) is 50.5 Å². The van der Waals surface area contributed by atoms with Crippen LogP contribution in [-0.2, 0) is 18.3 Å². The molecule has 0 aliphatic carbocycles. The molecular formula is C4H9NNa2O6S4. The molecule has 0 rings (SSSR count). The van der Waals surface area contributed by atoms with Gasteiger partial charge in [0.1, 0.15) is 18.3 Å². The second-order valence-corrected chi connectivity index (χ2v) is 9.00. The van der Waals surface area contributed by atoms with E-state index in [9.17, 15) is 25.9 Å². The average Bonchev–Trinajstić information content (AvgIpc) is 1.98. The molecule has 0 heterocycles. The van der Waals surface area contributed by atoms with Gasteiger partial charge < -0.3 is 14.4 Å². The molecule has 0 spiro atoms. The van der Waals surface area contributed by atoms with Gasteiger partial charge >= 0.3 is 59.1 Å². The monoisotopic (exact) mass is 341 g/mol. The zero-order chi connectivity index (χ0) is 11.9. The van der Waals surface area contributed by atoms with Crippen LogP contribution in [0, 0.1) is 0 Å². The van der Waals surface area contributed by atoms with E-state index < -0.39 is 18.3 Å². The van der Waals surface area contributed by atoms with E-state index in [4.69, 9.17) is 0 Å². The van der Waals surface area contributed by atoms with E-state index in [0.717, 1.165) is 0 Å². The van der Waals surface area contributed by atoms with E-state index in [-0.39, 0.29) is 105 Å². The van der Waals surface area contributed by atoms with Gasteiger partial charge in [0, 0.05) is 24.6 Å². The van der Waals surface area contributed by atoms with Crippen molar-refractivity contribution < 1.29 is 85.1 Å². The predicted octanol–water partition coefficient (Wildman–Crippen LogP) is -7.03.